The Kier molecular flexibility index (Phi) is 5.07. The molecular weight excluding hydrogens is 255 g/mol. The molecule has 0 unspecified atom stereocenters. The van der Waals surface area contributed by atoms with E-state index in [0.29, 0.717) is 18.0 Å². The van der Waals surface area contributed by atoms with Crippen LogP contribution in [-0.2, 0) is 6.54 Å². The van der Waals surface area contributed by atoms with E-state index >= 15 is 0 Å². The number of hydrogen-bond donors (Lipinski definition) is 1. The van der Waals surface area contributed by atoms with Crippen LogP contribution in [0.15, 0.2) is 36.5 Å². The van der Waals surface area contributed by atoms with Gasteiger partial charge in [0.15, 0.2) is 0 Å². The summed E-state index contributed by atoms with van der Waals surface area (Å²) >= 11 is 0. The molecule has 1 aromatic carbocycles. The van der Waals surface area contributed by atoms with Gasteiger partial charge in [-0.25, -0.2) is 9.37 Å². The maximum absolute atomic E-state index is 14.1. The number of pyridine rings is 1. The maximum atomic E-state index is 14.1. The number of hydrogen-bond acceptors (Lipinski definition) is 3. The first-order valence-corrected chi connectivity index (χ1v) is 6.74. The fraction of sp³-hybridized carbons (Fsp3) is 0.312. The second-order valence-electron chi connectivity index (χ2n) is 4.58. The lowest BCUT2D eigenvalue weighted by Gasteiger charge is -2.08. The SMILES string of the molecule is CCCNCc1ccc(-c2ccc(OC)nc2)c(F)c1. The Morgan fingerprint density at radius 2 is 2.10 bits per heavy atom. The molecule has 0 aliphatic carbocycles. The molecule has 1 aromatic heterocycles. The van der Waals surface area contributed by atoms with E-state index in [9.17, 15) is 4.39 Å². The Morgan fingerprint density at radius 1 is 1.25 bits per heavy atom. The third-order valence-electron chi connectivity index (χ3n) is 3.05. The van der Waals surface area contributed by atoms with Gasteiger partial charge in [-0.05, 0) is 30.7 Å². The van der Waals surface area contributed by atoms with Crippen LogP contribution in [0, 0.1) is 5.82 Å². The van der Waals surface area contributed by atoms with E-state index in [2.05, 4.69) is 17.2 Å². The summed E-state index contributed by atoms with van der Waals surface area (Å²) in [5.41, 5.74) is 2.25. The van der Waals surface area contributed by atoms with E-state index in [0.717, 1.165) is 24.1 Å². The van der Waals surface area contributed by atoms with Crippen LogP contribution < -0.4 is 10.1 Å². The van der Waals surface area contributed by atoms with Gasteiger partial charge in [0, 0.05) is 29.9 Å². The Bertz CT molecular complexity index is 555. The average Bonchev–Trinajstić information content (AvgIpc) is 2.48. The zero-order chi connectivity index (χ0) is 14.4. The quantitative estimate of drug-likeness (QED) is 0.820. The lowest BCUT2D eigenvalue weighted by molar-refractivity contribution is 0.398. The highest BCUT2D eigenvalue weighted by Crippen LogP contribution is 2.24. The number of aromatic nitrogens is 1. The van der Waals surface area contributed by atoms with Crippen LogP contribution in [0.4, 0.5) is 4.39 Å². The van der Waals surface area contributed by atoms with Crippen molar-refractivity contribution >= 4 is 0 Å². The zero-order valence-corrected chi connectivity index (χ0v) is 11.8. The Hall–Kier alpha value is -1.94. The van der Waals surface area contributed by atoms with E-state index in [-0.39, 0.29) is 5.82 Å². The third-order valence-corrected chi connectivity index (χ3v) is 3.05. The van der Waals surface area contributed by atoms with Crippen molar-refractivity contribution in [3.63, 3.8) is 0 Å². The third kappa shape index (κ3) is 3.54. The molecule has 2 aromatic rings. The van der Waals surface area contributed by atoms with Crippen LogP contribution in [-0.4, -0.2) is 18.6 Å². The van der Waals surface area contributed by atoms with Crippen molar-refractivity contribution in [1.29, 1.82) is 0 Å². The molecule has 0 atom stereocenters. The highest BCUT2D eigenvalue weighted by Gasteiger charge is 2.07. The van der Waals surface area contributed by atoms with E-state index in [1.807, 2.05) is 6.07 Å². The Labute approximate surface area is 118 Å². The van der Waals surface area contributed by atoms with Crippen LogP contribution in [0.5, 0.6) is 5.88 Å². The summed E-state index contributed by atoms with van der Waals surface area (Å²) in [4.78, 5) is 4.10. The molecule has 106 valence electrons. The van der Waals surface area contributed by atoms with Crippen molar-refractivity contribution in [2.45, 2.75) is 19.9 Å². The number of benzene rings is 1. The first-order chi connectivity index (χ1) is 9.74. The minimum absolute atomic E-state index is 0.229. The lowest BCUT2D eigenvalue weighted by Crippen LogP contribution is -2.13. The molecule has 0 fully saturated rings. The van der Waals surface area contributed by atoms with Crippen molar-refractivity contribution in [1.82, 2.24) is 10.3 Å². The molecule has 0 saturated carbocycles. The number of rotatable bonds is 6. The normalized spacial score (nSPS) is 10.6. The molecule has 0 amide bonds. The second-order valence-corrected chi connectivity index (χ2v) is 4.58. The van der Waals surface area contributed by atoms with Gasteiger partial charge in [0.2, 0.25) is 5.88 Å². The maximum Gasteiger partial charge on any atom is 0.212 e. The molecule has 1 N–H and O–H groups in total. The van der Waals surface area contributed by atoms with Gasteiger partial charge in [-0.2, -0.15) is 0 Å². The van der Waals surface area contributed by atoms with Crippen molar-refractivity contribution < 1.29 is 9.13 Å². The molecule has 0 spiro atoms. The summed E-state index contributed by atoms with van der Waals surface area (Å²) in [6.45, 7) is 3.73. The van der Waals surface area contributed by atoms with Gasteiger partial charge in [-0.15, -0.1) is 0 Å². The number of halogens is 1. The molecule has 0 aliphatic rings. The van der Waals surface area contributed by atoms with Gasteiger partial charge >= 0.3 is 0 Å². The first-order valence-electron chi connectivity index (χ1n) is 6.74. The highest BCUT2D eigenvalue weighted by molar-refractivity contribution is 5.63. The summed E-state index contributed by atoms with van der Waals surface area (Å²) < 4.78 is 19.1. The fourth-order valence-corrected chi connectivity index (χ4v) is 1.97. The number of ether oxygens (including phenoxy) is 1. The largest absolute Gasteiger partial charge is 0.481 e. The topological polar surface area (TPSA) is 34.1 Å². The van der Waals surface area contributed by atoms with Gasteiger partial charge in [-0.3, -0.25) is 0 Å². The van der Waals surface area contributed by atoms with Crippen molar-refractivity contribution in [3.05, 3.63) is 47.9 Å². The molecular formula is C16H19FN2O. The van der Waals surface area contributed by atoms with Crippen molar-refractivity contribution in [3.8, 4) is 17.0 Å². The minimum Gasteiger partial charge on any atom is -0.481 e. The molecule has 0 aliphatic heterocycles. The van der Waals surface area contributed by atoms with Crippen molar-refractivity contribution in [2.24, 2.45) is 0 Å². The van der Waals surface area contributed by atoms with Crippen molar-refractivity contribution in [2.75, 3.05) is 13.7 Å². The van der Waals surface area contributed by atoms with Gasteiger partial charge in [-0.1, -0.05) is 19.1 Å². The van der Waals surface area contributed by atoms with E-state index < -0.39 is 0 Å². The van der Waals surface area contributed by atoms with E-state index in [1.165, 1.54) is 0 Å². The van der Waals surface area contributed by atoms with Gasteiger partial charge in [0.05, 0.1) is 7.11 Å². The average molecular weight is 274 g/mol. The summed E-state index contributed by atoms with van der Waals surface area (Å²) in [7, 11) is 1.56. The zero-order valence-electron chi connectivity index (χ0n) is 11.8. The molecule has 0 radical (unpaired) electrons. The van der Waals surface area contributed by atoms with Gasteiger partial charge in [0.1, 0.15) is 5.82 Å². The summed E-state index contributed by atoms with van der Waals surface area (Å²) in [6, 6.07) is 8.83. The molecule has 20 heavy (non-hydrogen) atoms. The molecule has 2 rings (SSSR count). The molecule has 3 nitrogen and oxygen atoms in total. The smallest absolute Gasteiger partial charge is 0.212 e. The van der Waals surface area contributed by atoms with Crippen LogP contribution in [0.3, 0.4) is 0 Å². The number of methoxy groups -OCH3 is 1. The molecule has 0 bridgehead atoms. The standard InChI is InChI=1S/C16H19FN2O/c1-3-8-18-10-12-4-6-14(15(17)9-12)13-5-7-16(20-2)19-11-13/h4-7,9,11,18H,3,8,10H2,1-2H3. The highest BCUT2D eigenvalue weighted by atomic mass is 19.1. The van der Waals surface area contributed by atoms with E-state index in [4.69, 9.17) is 4.74 Å². The van der Waals surface area contributed by atoms with Gasteiger partial charge in [0.25, 0.3) is 0 Å². The Morgan fingerprint density at radius 3 is 2.70 bits per heavy atom. The van der Waals surface area contributed by atoms with Crippen LogP contribution in [0.2, 0.25) is 0 Å². The van der Waals surface area contributed by atoms with E-state index in [1.54, 1.807) is 37.6 Å². The minimum atomic E-state index is -0.229. The second kappa shape index (κ2) is 7.01. The van der Waals surface area contributed by atoms with Crippen LogP contribution in [0.25, 0.3) is 11.1 Å². The lowest BCUT2D eigenvalue weighted by atomic mass is 10.0. The van der Waals surface area contributed by atoms with Crippen LogP contribution >= 0.6 is 0 Å². The summed E-state index contributed by atoms with van der Waals surface area (Å²) in [5, 5.41) is 3.26. The predicted molar refractivity (Wildman–Crippen MR) is 78.2 cm³/mol. The molecule has 0 saturated heterocycles. The van der Waals surface area contributed by atoms with Crippen LogP contribution in [0.1, 0.15) is 18.9 Å². The molecule has 1 heterocycles. The molecule has 4 heteroatoms. The summed E-state index contributed by atoms with van der Waals surface area (Å²) in [5.74, 6) is 0.294. The fourth-order valence-electron chi connectivity index (χ4n) is 1.97. The monoisotopic (exact) mass is 274 g/mol. The Balaban J connectivity index is 2.15. The number of nitrogens with zero attached hydrogens (tertiary/aromatic N) is 1. The summed E-state index contributed by atoms with van der Waals surface area (Å²) in [6.07, 6.45) is 2.68. The predicted octanol–water partition coefficient (Wildman–Crippen LogP) is 3.40. The van der Waals surface area contributed by atoms with Gasteiger partial charge < -0.3 is 10.1 Å². The first kappa shape index (κ1) is 14.5. The number of nitrogens with one attached hydrogen (secondary N) is 1.